The maximum atomic E-state index is 11.1. The van der Waals surface area contributed by atoms with Crippen LogP contribution in [0.3, 0.4) is 0 Å². The smallest absolute Gasteiger partial charge is 0.136 e. The molecular weight excluding hydrogens is 172 g/mol. The molecule has 0 saturated heterocycles. The Morgan fingerprint density at radius 2 is 1.93 bits per heavy atom. The van der Waals surface area contributed by atoms with Crippen LogP contribution in [0.5, 0.6) is 0 Å². The van der Waals surface area contributed by atoms with Crippen molar-refractivity contribution in [3.05, 3.63) is 35.4 Å². The highest BCUT2D eigenvalue weighted by Crippen LogP contribution is 2.39. The second-order valence-electron chi connectivity index (χ2n) is 4.16. The van der Waals surface area contributed by atoms with Crippen LogP contribution in [0.1, 0.15) is 37.3 Å². The molecule has 0 aromatic heterocycles. The maximum Gasteiger partial charge on any atom is 0.136 e. The van der Waals surface area contributed by atoms with Gasteiger partial charge in [0.15, 0.2) is 0 Å². The maximum absolute atomic E-state index is 11.1. The van der Waals surface area contributed by atoms with E-state index < -0.39 is 0 Å². The Morgan fingerprint density at radius 1 is 1.29 bits per heavy atom. The minimum Gasteiger partial charge on any atom is -0.299 e. The van der Waals surface area contributed by atoms with E-state index in [0.717, 1.165) is 12.8 Å². The molecule has 1 nitrogen and oxygen atoms in total. The van der Waals surface area contributed by atoms with Gasteiger partial charge in [0.05, 0.1) is 0 Å². The fourth-order valence-corrected chi connectivity index (χ4v) is 2.05. The van der Waals surface area contributed by atoms with Crippen molar-refractivity contribution in [3.8, 4) is 0 Å². The monoisotopic (exact) mass is 188 g/mol. The van der Waals surface area contributed by atoms with Gasteiger partial charge in [-0.2, -0.15) is 0 Å². The predicted octanol–water partition coefficient (Wildman–Crippen LogP) is 2.94. The molecule has 74 valence electrons. The molecule has 0 spiro atoms. The summed E-state index contributed by atoms with van der Waals surface area (Å²) in [5.74, 6) is 1.13. The van der Waals surface area contributed by atoms with Gasteiger partial charge in [-0.3, -0.25) is 4.79 Å². The van der Waals surface area contributed by atoms with E-state index in [1.807, 2.05) is 6.92 Å². The molecule has 1 heteroatoms. The first-order valence-electron chi connectivity index (χ1n) is 5.34. The Morgan fingerprint density at radius 3 is 2.36 bits per heavy atom. The molecule has 2 unspecified atom stereocenters. The first-order chi connectivity index (χ1) is 6.72. The Kier molecular flexibility index (Phi) is 2.40. The number of hydrogen-bond donors (Lipinski definition) is 0. The molecule has 0 radical (unpaired) electrons. The number of hydrogen-bond acceptors (Lipinski definition) is 1. The molecule has 14 heavy (non-hydrogen) atoms. The Bertz CT molecular complexity index is 337. The second-order valence-corrected chi connectivity index (χ2v) is 4.16. The van der Waals surface area contributed by atoms with Crippen LogP contribution in [-0.4, -0.2) is 5.78 Å². The Labute approximate surface area is 85.1 Å². The minimum atomic E-state index is 0.238. The van der Waals surface area contributed by atoms with Crippen LogP contribution in [-0.2, 0) is 11.2 Å². The summed E-state index contributed by atoms with van der Waals surface area (Å²) in [4.78, 5) is 11.1. The highest BCUT2D eigenvalue weighted by Gasteiger charge is 2.36. The first kappa shape index (κ1) is 9.45. The van der Waals surface area contributed by atoms with Gasteiger partial charge < -0.3 is 0 Å². The molecule has 0 amide bonds. The van der Waals surface area contributed by atoms with Gasteiger partial charge in [-0.1, -0.05) is 38.1 Å². The number of benzene rings is 1. The quantitative estimate of drug-likeness (QED) is 0.697. The molecule has 0 aliphatic heterocycles. The Balaban J connectivity index is 2.14. The van der Waals surface area contributed by atoms with Crippen LogP contribution in [0.15, 0.2) is 24.3 Å². The van der Waals surface area contributed by atoms with Crippen molar-refractivity contribution in [3.63, 3.8) is 0 Å². The molecule has 0 bridgehead atoms. The summed E-state index contributed by atoms with van der Waals surface area (Å²) in [6.45, 7) is 4.19. The van der Waals surface area contributed by atoms with Gasteiger partial charge >= 0.3 is 0 Å². The van der Waals surface area contributed by atoms with Crippen LogP contribution in [0.2, 0.25) is 0 Å². The first-order valence-corrected chi connectivity index (χ1v) is 5.34. The molecule has 1 aromatic carbocycles. The lowest BCUT2D eigenvalue weighted by Gasteiger charge is -2.32. The summed E-state index contributed by atoms with van der Waals surface area (Å²) in [6, 6.07) is 8.69. The van der Waals surface area contributed by atoms with E-state index in [4.69, 9.17) is 0 Å². The van der Waals surface area contributed by atoms with E-state index in [1.54, 1.807) is 0 Å². The highest BCUT2D eigenvalue weighted by atomic mass is 16.1. The molecule has 0 N–H and O–H groups in total. The van der Waals surface area contributed by atoms with E-state index in [9.17, 15) is 4.79 Å². The zero-order chi connectivity index (χ0) is 10.1. The number of aryl methyl sites for hydroxylation is 1. The van der Waals surface area contributed by atoms with Crippen molar-refractivity contribution in [1.29, 1.82) is 0 Å². The number of ketones is 1. The number of carbonyl (C=O) groups is 1. The molecular formula is C13H16O. The van der Waals surface area contributed by atoms with Gasteiger partial charge in [-0.05, 0) is 17.5 Å². The summed E-state index contributed by atoms with van der Waals surface area (Å²) in [6.07, 6.45) is 1.83. The third-order valence-corrected chi connectivity index (χ3v) is 3.35. The summed E-state index contributed by atoms with van der Waals surface area (Å²) < 4.78 is 0. The Hall–Kier alpha value is -1.11. The normalized spacial score (nSPS) is 26.0. The standard InChI is InChI=1S/C13H16O/c1-3-10-4-6-11(7-5-10)12-8-13(14)9(12)2/h4-7,9,12H,3,8H2,1-2H3. The van der Waals surface area contributed by atoms with E-state index >= 15 is 0 Å². The van der Waals surface area contributed by atoms with Crippen molar-refractivity contribution < 1.29 is 4.79 Å². The molecule has 1 saturated carbocycles. The zero-order valence-electron chi connectivity index (χ0n) is 8.79. The average molecular weight is 188 g/mol. The van der Waals surface area contributed by atoms with Crippen LogP contribution in [0, 0.1) is 5.92 Å². The molecule has 1 aromatic rings. The third-order valence-electron chi connectivity index (χ3n) is 3.35. The lowest BCUT2D eigenvalue weighted by Crippen LogP contribution is -2.32. The van der Waals surface area contributed by atoms with Gasteiger partial charge in [0, 0.05) is 18.3 Å². The van der Waals surface area contributed by atoms with Crippen LogP contribution in [0.25, 0.3) is 0 Å². The van der Waals surface area contributed by atoms with Gasteiger partial charge in [0.1, 0.15) is 5.78 Å². The summed E-state index contributed by atoms with van der Waals surface area (Å²) in [5.41, 5.74) is 2.70. The fourth-order valence-electron chi connectivity index (χ4n) is 2.05. The van der Waals surface area contributed by atoms with Gasteiger partial charge in [-0.15, -0.1) is 0 Å². The number of rotatable bonds is 2. The van der Waals surface area contributed by atoms with E-state index in [0.29, 0.717) is 11.7 Å². The van der Waals surface area contributed by atoms with E-state index in [2.05, 4.69) is 31.2 Å². The lowest BCUT2D eigenvalue weighted by molar-refractivity contribution is -0.130. The van der Waals surface area contributed by atoms with Gasteiger partial charge in [0.25, 0.3) is 0 Å². The highest BCUT2D eigenvalue weighted by molar-refractivity contribution is 5.88. The summed E-state index contributed by atoms with van der Waals surface area (Å²) >= 11 is 0. The molecule has 2 rings (SSSR count). The minimum absolute atomic E-state index is 0.238. The molecule has 0 heterocycles. The molecule has 2 atom stereocenters. The lowest BCUT2D eigenvalue weighted by atomic mass is 9.70. The van der Waals surface area contributed by atoms with Crippen molar-refractivity contribution in [2.75, 3.05) is 0 Å². The fraction of sp³-hybridized carbons (Fsp3) is 0.462. The summed E-state index contributed by atoms with van der Waals surface area (Å²) in [5, 5.41) is 0. The van der Waals surface area contributed by atoms with Crippen molar-refractivity contribution in [2.24, 2.45) is 5.92 Å². The number of carbonyl (C=O) groups excluding carboxylic acids is 1. The van der Waals surface area contributed by atoms with Crippen LogP contribution >= 0.6 is 0 Å². The average Bonchev–Trinajstić information content (AvgIpc) is 2.25. The van der Waals surface area contributed by atoms with Crippen molar-refractivity contribution in [2.45, 2.75) is 32.6 Å². The van der Waals surface area contributed by atoms with Gasteiger partial charge in [0.2, 0.25) is 0 Å². The third kappa shape index (κ3) is 1.47. The molecule has 1 aliphatic carbocycles. The SMILES string of the molecule is CCc1ccc(C2CC(=O)C2C)cc1. The van der Waals surface area contributed by atoms with E-state index in [1.165, 1.54) is 11.1 Å². The topological polar surface area (TPSA) is 17.1 Å². The second kappa shape index (κ2) is 3.56. The zero-order valence-corrected chi connectivity index (χ0v) is 8.79. The molecule has 1 aliphatic rings. The molecule has 1 fully saturated rings. The predicted molar refractivity (Wildman–Crippen MR) is 57.3 cm³/mol. The van der Waals surface area contributed by atoms with E-state index in [-0.39, 0.29) is 5.92 Å². The van der Waals surface area contributed by atoms with Crippen LogP contribution in [0.4, 0.5) is 0 Å². The van der Waals surface area contributed by atoms with Crippen molar-refractivity contribution >= 4 is 5.78 Å². The largest absolute Gasteiger partial charge is 0.299 e. The number of Topliss-reactive ketones (excluding diaryl/α,β-unsaturated/α-hetero) is 1. The summed E-state index contributed by atoms with van der Waals surface area (Å²) in [7, 11) is 0. The van der Waals surface area contributed by atoms with Gasteiger partial charge in [-0.25, -0.2) is 0 Å². The van der Waals surface area contributed by atoms with Crippen molar-refractivity contribution in [1.82, 2.24) is 0 Å². The van der Waals surface area contributed by atoms with Crippen LogP contribution < -0.4 is 0 Å².